The Balaban J connectivity index is 1.43. The van der Waals surface area contributed by atoms with Crippen molar-refractivity contribution in [2.75, 3.05) is 40.5 Å². The van der Waals surface area contributed by atoms with Crippen molar-refractivity contribution in [2.45, 2.75) is 52.0 Å². The van der Waals surface area contributed by atoms with Gasteiger partial charge in [-0.1, -0.05) is 13.0 Å². The molecule has 0 fully saturated rings. The minimum Gasteiger partial charge on any atom is -0.497 e. The largest absolute Gasteiger partial charge is 0.497 e. The third-order valence-electron chi connectivity index (χ3n) is 6.31. The zero-order valence-electron chi connectivity index (χ0n) is 20.4. The SMILES string of the molecule is CCOc1ccc(C(=O)OCCCCN(CC)C2CCc3cc(OC)ccc3C2)cc1OC. The van der Waals surface area contributed by atoms with Gasteiger partial charge in [-0.15, -0.1) is 0 Å². The van der Waals surface area contributed by atoms with Gasteiger partial charge in [0.2, 0.25) is 0 Å². The summed E-state index contributed by atoms with van der Waals surface area (Å²) in [7, 11) is 3.28. The summed E-state index contributed by atoms with van der Waals surface area (Å²) in [5, 5.41) is 0. The summed E-state index contributed by atoms with van der Waals surface area (Å²) in [5.41, 5.74) is 3.33. The zero-order chi connectivity index (χ0) is 23.6. The second kappa shape index (κ2) is 12.5. The highest BCUT2D eigenvalue weighted by Gasteiger charge is 2.23. The van der Waals surface area contributed by atoms with Crippen molar-refractivity contribution in [1.82, 2.24) is 4.90 Å². The maximum Gasteiger partial charge on any atom is 0.338 e. The molecule has 0 spiro atoms. The molecule has 6 nitrogen and oxygen atoms in total. The van der Waals surface area contributed by atoms with Crippen molar-refractivity contribution in [3.8, 4) is 17.2 Å². The Morgan fingerprint density at radius 3 is 2.58 bits per heavy atom. The van der Waals surface area contributed by atoms with Crippen molar-refractivity contribution in [3.05, 3.63) is 53.1 Å². The summed E-state index contributed by atoms with van der Waals surface area (Å²) >= 11 is 0. The highest BCUT2D eigenvalue weighted by Crippen LogP contribution is 2.29. The standard InChI is InChI=1S/C27H37NO5/c1-5-28(23-12-9-21-18-24(30-3)13-10-20(21)17-23)15-7-8-16-33-27(29)22-11-14-25(32-6-2)26(19-22)31-4/h10-11,13-14,18-19,23H,5-9,12,15-17H2,1-4H3. The normalized spacial score (nSPS) is 15.1. The lowest BCUT2D eigenvalue weighted by Gasteiger charge is -2.34. The predicted octanol–water partition coefficient (Wildman–Crippen LogP) is 4.92. The average Bonchev–Trinajstić information content (AvgIpc) is 2.85. The molecule has 0 amide bonds. The van der Waals surface area contributed by atoms with Crippen LogP contribution < -0.4 is 14.2 Å². The van der Waals surface area contributed by atoms with Crippen LogP contribution in [0.4, 0.5) is 0 Å². The van der Waals surface area contributed by atoms with Gasteiger partial charge < -0.3 is 23.8 Å². The molecule has 0 N–H and O–H groups in total. The average molecular weight is 456 g/mol. The molecule has 0 saturated carbocycles. The first-order valence-electron chi connectivity index (χ1n) is 12.0. The van der Waals surface area contributed by atoms with E-state index in [4.69, 9.17) is 18.9 Å². The van der Waals surface area contributed by atoms with Crippen molar-refractivity contribution in [2.24, 2.45) is 0 Å². The molecule has 0 radical (unpaired) electrons. The maximum absolute atomic E-state index is 12.4. The lowest BCUT2D eigenvalue weighted by atomic mass is 9.87. The number of unbranched alkanes of at least 4 members (excludes halogenated alkanes) is 1. The Hall–Kier alpha value is -2.73. The fourth-order valence-corrected chi connectivity index (χ4v) is 4.48. The van der Waals surface area contributed by atoms with Gasteiger partial charge in [0.05, 0.1) is 33.0 Å². The van der Waals surface area contributed by atoms with Gasteiger partial charge in [-0.25, -0.2) is 4.79 Å². The predicted molar refractivity (Wildman–Crippen MR) is 130 cm³/mol. The number of esters is 1. The summed E-state index contributed by atoms with van der Waals surface area (Å²) in [6.07, 6.45) is 5.19. The molecular weight excluding hydrogens is 418 g/mol. The lowest BCUT2D eigenvalue weighted by molar-refractivity contribution is 0.0492. The van der Waals surface area contributed by atoms with Crippen LogP contribution in [0.2, 0.25) is 0 Å². The second-order valence-electron chi connectivity index (χ2n) is 8.30. The van der Waals surface area contributed by atoms with Gasteiger partial charge >= 0.3 is 5.97 Å². The Morgan fingerprint density at radius 2 is 1.85 bits per heavy atom. The molecule has 1 unspecified atom stereocenters. The van der Waals surface area contributed by atoms with Gasteiger partial charge in [0.1, 0.15) is 5.75 Å². The molecule has 3 rings (SSSR count). The van der Waals surface area contributed by atoms with Crippen LogP contribution in [0.15, 0.2) is 36.4 Å². The van der Waals surface area contributed by atoms with Crippen LogP contribution in [0, 0.1) is 0 Å². The summed E-state index contributed by atoms with van der Waals surface area (Å²) in [6.45, 7) is 7.13. The Bertz CT molecular complexity index is 913. The summed E-state index contributed by atoms with van der Waals surface area (Å²) < 4.78 is 21.7. The van der Waals surface area contributed by atoms with Gasteiger partial charge in [0, 0.05) is 6.04 Å². The number of hydrogen-bond donors (Lipinski definition) is 0. The van der Waals surface area contributed by atoms with E-state index in [0.717, 1.165) is 44.5 Å². The van der Waals surface area contributed by atoms with E-state index in [0.29, 0.717) is 36.3 Å². The highest BCUT2D eigenvalue weighted by molar-refractivity contribution is 5.90. The van der Waals surface area contributed by atoms with Crippen LogP contribution in [0.1, 0.15) is 54.6 Å². The molecule has 0 aliphatic heterocycles. The Labute approximate surface area is 197 Å². The fourth-order valence-electron chi connectivity index (χ4n) is 4.48. The molecule has 1 aliphatic carbocycles. The first-order valence-corrected chi connectivity index (χ1v) is 12.0. The van der Waals surface area contributed by atoms with E-state index >= 15 is 0 Å². The third-order valence-corrected chi connectivity index (χ3v) is 6.31. The third kappa shape index (κ3) is 6.64. The van der Waals surface area contributed by atoms with Crippen molar-refractivity contribution >= 4 is 5.97 Å². The van der Waals surface area contributed by atoms with E-state index in [1.54, 1.807) is 32.4 Å². The summed E-state index contributed by atoms with van der Waals surface area (Å²) in [4.78, 5) is 15.0. The molecule has 6 heteroatoms. The highest BCUT2D eigenvalue weighted by atomic mass is 16.5. The minimum atomic E-state index is -0.331. The number of ether oxygens (including phenoxy) is 4. The van der Waals surface area contributed by atoms with Gasteiger partial charge in [0.25, 0.3) is 0 Å². The number of carbonyl (C=O) groups is 1. The summed E-state index contributed by atoms with van der Waals surface area (Å²) in [5.74, 6) is 1.78. The summed E-state index contributed by atoms with van der Waals surface area (Å²) in [6, 6.07) is 12.1. The quantitative estimate of drug-likeness (QED) is 0.335. The number of nitrogens with zero attached hydrogens (tertiary/aromatic N) is 1. The molecular formula is C27H37NO5. The first-order chi connectivity index (χ1) is 16.1. The second-order valence-corrected chi connectivity index (χ2v) is 8.30. The van der Waals surface area contributed by atoms with Crippen molar-refractivity contribution in [1.29, 1.82) is 0 Å². The molecule has 0 heterocycles. The van der Waals surface area contributed by atoms with E-state index < -0.39 is 0 Å². The number of methoxy groups -OCH3 is 2. The van der Waals surface area contributed by atoms with Crippen LogP contribution in [-0.2, 0) is 17.6 Å². The molecule has 0 saturated heterocycles. The van der Waals surface area contributed by atoms with Gasteiger partial charge in [-0.2, -0.15) is 0 Å². The van der Waals surface area contributed by atoms with E-state index in [1.165, 1.54) is 17.5 Å². The van der Waals surface area contributed by atoms with E-state index in [1.807, 2.05) is 6.92 Å². The fraction of sp³-hybridized carbons (Fsp3) is 0.519. The van der Waals surface area contributed by atoms with E-state index in [-0.39, 0.29) is 5.97 Å². The van der Waals surface area contributed by atoms with E-state index in [2.05, 4.69) is 30.0 Å². The van der Waals surface area contributed by atoms with Gasteiger partial charge in [-0.3, -0.25) is 0 Å². The smallest absolute Gasteiger partial charge is 0.338 e. The number of aryl methyl sites for hydroxylation is 1. The molecule has 180 valence electrons. The molecule has 1 aliphatic rings. The number of rotatable bonds is 12. The van der Waals surface area contributed by atoms with Crippen LogP contribution in [-0.4, -0.2) is 57.4 Å². The molecule has 33 heavy (non-hydrogen) atoms. The number of hydrogen-bond acceptors (Lipinski definition) is 6. The molecule has 0 bridgehead atoms. The molecule has 2 aromatic rings. The van der Waals surface area contributed by atoms with Crippen molar-refractivity contribution < 1.29 is 23.7 Å². The number of benzene rings is 2. The van der Waals surface area contributed by atoms with Crippen LogP contribution >= 0.6 is 0 Å². The Morgan fingerprint density at radius 1 is 1.00 bits per heavy atom. The number of carbonyl (C=O) groups excluding carboxylic acids is 1. The number of likely N-dealkylation sites (N-methyl/N-ethyl adjacent to an activating group) is 1. The monoisotopic (exact) mass is 455 g/mol. The topological polar surface area (TPSA) is 57.2 Å². The molecule has 1 atom stereocenters. The van der Waals surface area contributed by atoms with Gasteiger partial charge in [0.15, 0.2) is 11.5 Å². The Kier molecular flexibility index (Phi) is 9.43. The maximum atomic E-state index is 12.4. The van der Waals surface area contributed by atoms with E-state index in [9.17, 15) is 4.79 Å². The van der Waals surface area contributed by atoms with Crippen LogP contribution in [0.3, 0.4) is 0 Å². The van der Waals surface area contributed by atoms with Crippen LogP contribution in [0.25, 0.3) is 0 Å². The van der Waals surface area contributed by atoms with Crippen LogP contribution in [0.5, 0.6) is 17.2 Å². The number of fused-ring (bicyclic) bond motifs is 1. The molecule has 2 aromatic carbocycles. The van der Waals surface area contributed by atoms with Gasteiger partial charge in [-0.05, 0) is 93.6 Å². The zero-order valence-corrected chi connectivity index (χ0v) is 20.4. The molecule has 0 aromatic heterocycles. The lowest BCUT2D eigenvalue weighted by Crippen LogP contribution is -2.39. The first kappa shape index (κ1) is 24.9. The van der Waals surface area contributed by atoms with Crippen molar-refractivity contribution in [3.63, 3.8) is 0 Å². The minimum absolute atomic E-state index is 0.331.